The predicted molar refractivity (Wildman–Crippen MR) is 201 cm³/mol. The van der Waals surface area contributed by atoms with Crippen LogP contribution in [-0.4, -0.2) is 61.2 Å². The van der Waals surface area contributed by atoms with Gasteiger partial charge in [0.1, 0.15) is 5.75 Å². The molecule has 2 N–H and O–H groups in total. The van der Waals surface area contributed by atoms with Gasteiger partial charge >= 0.3 is 5.97 Å². The van der Waals surface area contributed by atoms with E-state index < -0.39 is 5.97 Å². The van der Waals surface area contributed by atoms with E-state index in [2.05, 4.69) is 28.1 Å². The van der Waals surface area contributed by atoms with Gasteiger partial charge in [0.15, 0.2) is 0 Å². The molecule has 9 heteroatoms. The Balaban J connectivity index is 0.000000300. The standard InChI is InChI=1S/C23H27Cl2N3O2.C16H32O2/c24-19-4-3-5-21(23(19)25)28-13-11-27(12-14-28)10-1-2-15-30-18-8-6-17-7-9-22(29)26-20(17)16-18;1-2-3-4-5-6-7-8-9-10-11-12-13-14-15-16(17)18/h3-6,8,16H,1-2,7,9-15H2,(H,26,29);2-15H2,1H3,(H,17,18). The summed E-state index contributed by atoms with van der Waals surface area (Å²) in [6, 6.07) is 11.8. The van der Waals surface area contributed by atoms with Crippen LogP contribution < -0.4 is 15.0 Å². The topological polar surface area (TPSA) is 82.1 Å². The highest BCUT2D eigenvalue weighted by Crippen LogP contribution is 2.33. The monoisotopic (exact) mass is 703 g/mol. The van der Waals surface area contributed by atoms with Crippen LogP contribution in [-0.2, 0) is 16.0 Å². The largest absolute Gasteiger partial charge is 0.494 e. The van der Waals surface area contributed by atoms with E-state index in [1.807, 2.05) is 30.3 Å². The van der Waals surface area contributed by atoms with Crippen molar-refractivity contribution in [2.75, 3.05) is 49.5 Å². The van der Waals surface area contributed by atoms with Gasteiger partial charge in [-0.25, -0.2) is 0 Å². The zero-order valence-corrected chi connectivity index (χ0v) is 30.8. The molecule has 0 unspecified atom stereocenters. The number of unbranched alkanes of at least 4 members (excludes halogenated alkanes) is 13. The number of amides is 1. The smallest absolute Gasteiger partial charge is 0.303 e. The molecule has 0 atom stereocenters. The molecule has 2 aromatic carbocycles. The number of hydrogen-bond acceptors (Lipinski definition) is 5. The minimum atomic E-state index is -0.655. The minimum absolute atomic E-state index is 0.0809. The summed E-state index contributed by atoms with van der Waals surface area (Å²) in [5, 5.41) is 12.7. The van der Waals surface area contributed by atoms with Gasteiger partial charge in [-0.05, 0) is 56.0 Å². The number of carbonyl (C=O) groups is 2. The van der Waals surface area contributed by atoms with Crippen molar-refractivity contribution in [2.24, 2.45) is 0 Å². The SMILES string of the molecule is CCCCCCCCCCCCCCCC(=O)O.O=C1CCc2ccc(OCCCCN3CCN(c4cccc(Cl)c4Cl)CC3)cc2N1. The summed E-state index contributed by atoms with van der Waals surface area (Å²) in [7, 11) is 0. The number of nitrogens with one attached hydrogen (secondary N) is 1. The Morgan fingerprint density at radius 1 is 0.812 bits per heavy atom. The molecule has 0 aromatic heterocycles. The fourth-order valence-corrected chi connectivity index (χ4v) is 6.73. The lowest BCUT2D eigenvalue weighted by Gasteiger charge is -2.36. The highest BCUT2D eigenvalue weighted by atomic mass is 35.5. The Labute approximate surface area is 299 Å². The first kappa shape index (κ1) is 40.0. The lowest BCUT2D eigenvalue weighted by Crippen LogP contribution is -2.46. The van der Waals surface area contributed by atoms with Crippen LogP contribution in [0.4, 0.5) is 11.4 Å². The fraction of sp³-hybridized carbons (Fsp3) is 0.641. The first-order valence-corrected chi connectivity index (χ1v) is 19.3. The van der Waals surface area contributed by atoms with Crippen molar-refractivity contribution in [3.63, 3.8) is 0 Å². The van der Waals surface area contributed by atoms with E-state index in [0.717, 1.165) is 82.0 Å². The lowest BCUT2D eigenvalue weighted by molar-refractivity contribution is -0.137. The van der Waals surface area contributed by atoms with Gasteiger partial charge < -0.3 is 20.1 Å². The number of carboxylic acid groups (broad SMARTS) is 1. The van der Waals surface area contributed by atoms with E-state index in [9.17, 15) is 9.59 Å². The van der Waals surface area contributed by atoms with Crippen LogP contribution in [0, 0.1) is 0 Å². The average molecular weight is 705 g/mol. The minimum Gasteiger partial charge on any atom is -0.494 e. The number of piperazine rings is 1. The molecule has 4 rings (SSSR count). The quantitative estimate of drug-likeness (QED) is 0.126. The van der Waals surface area contributed by atoms with Crippen LogP contribution in [0.25, 0.3) is 0 Å². The average Bonchev–Trinajstić information content (AvgIpc) is 3.08. The second kappa shape index (κ2) is 23.8. The Kier molecular flexibility index (Phi) is 19.8. The lowest BCUT2D eigenvalue weighted by atomic mass is 10.0. The van der Waals surface area contributed by atoms with Gasteiger partial charge in [0.2, 0.25) is 5.91 Å². The second-order valence-corrected chi connectivity index (χ2v) is 14.0. The molecule has 1 fully saturated rings. The van der Waals surface area contributed by atoms with E-state index in [0.29, 0.717) is 29.5 Å². The zero-order valence-electron chi connectivity index (χ0n) is 29.3. The van der Waals surface area contributed by atoms with Crippen molar-refractivity contribution in [3.8, 4) is 5.75 Å². The molecular weight excluding hydrogens is 645 g/mol. The molecule has 48 heavy (non-hydrogen) atoms. The van der Waals surface area contributed by atoms with Crippen molar-refractivity contribution in [1.29, 1.82) is 0 Å². The number of ether oxygens (including phenoxy) is 1. The van der Waals surface area contributed by atoms with E-state index in [4.69, 9.17) is 33.0 Å². The molecule has 268 valence electrons. The van der Waals surface area contributed by atoms with E-state index in [1.165, 1.54) is 76.2 Å². The third kappa shape index (κ3) is 15.8. The van der Waals surface area contributed by atoms with Crippen LogP contribution in [0.1, 0.15) is 122 Å². The number of anilines is 2. The van der Waals surface area contributed by atoms with Gasteiger partial charge in [-0.15, -0.1) is 0 Å². The molecule has 0 saturated carbocycles. The highest BCUT2D eigenvalue weighted by Gasteiger charge is 2.19. The first-order valence-electron chi connectivity index (χ1n) is 18.6. The van der Waals surface area contributed by atoms with Crippen LogP contribution in [0.3, 0.4) is 0 Å². The van der Waals surface area contributed by atoms with Crippen LogP contribution in [0.15, 0.2) is 36.4 Å². The third-order valence-electron chi connectivity index (χ3n) is 9.25. The van der Waals surface area contributed by atoms with E-state index in [-0.39, 0.29) is 5.91 Å². The zero-order chi connectivity index (χ0) is 34.4. The molecule has 1 saturated heterocycles. The molecular formula is C39H59Cl2N3O4. The molecule has 2 heterocycles. The van der Waals surface area contributed by atoms with E-state index >= 15 is 0 Å². The van der Waals surface area contributed by atoms with Gasteiger partial charge in [-0.3, -0.25) is 14.5 Å². The number of carbonyl (C=O) groups excluding carboxylic acids is 1. The summed E-state index contributed by atoms with van der Waals surface area (Å²) >= 11 is 12.5. The molecule has 0 bridgehead atoms. The summed E-state index contributed by atoms with van der Waals surface area (Å²) in [6.45, 7) is 7.97. The Morgan fingerprint density at radius 2 is 1.46 bits per heavy atom. The summed E-state index contributed by atoms with van der Waals surface area (Å²) < 4.78 is 5.89. The summed E-state index contributed by atoms with van der Waals surface area (Å²) in [6.07, 6.45) is 20.7. The molecule has 7 nitrogen and oxygen atoms in total. The Bertz CT molecular complexity index is 1220. The number of rotatable bonds is 21. The number of carboxylic acids is 1. The molecule has 0 radical (unpaired) electrons. The van der Waals surface area contributed by atoms with Crippen molar-refractivity contribution in [2.45, 2.75) is 122 Å². The molecule has 2 aromatic rings. The number of fused-ring (bicyclic) bond motifs is 1. The maximum Gasteiger partial charge on any atom is 0.303 e. The first-order chi connectivity index (χ1) is 23.4. The Hall–Kier alpha value is -2.48. The normalized spacial score (nSPS) is 14.6. The van der Waals surface area contributed by atoms with Crippen molar-refractivity contribution < 1.29 is 19.4 Å². The molecule has 0 aliphatic carbocycles. The van der Waals surface area contributed by atoms with Crippen molar-refractivity contribution in [1.82, 2.24) is 4.90 Å². The maximum atomic E-state index is 11.5. The molecule has 1 amide bonds. The Morgan fingerprint density at radius 3 is 2.10 bits per heavy atom. The predicted octanol–water partition coefficient (Wildman–Crippen LogP) is 10.4. The molecule has 2 aliphatic rings. The van der Waals surface area contributed by atoms with Crippen LogP contribution >= 0.6 is 23.2 Å². The number of aryl methyl sites for hydroxylation is 1. The van der Waals surface area contributed by atoms with Crippen LogP contribution in [0.2, 0.25) is 10.0 Å². The molecule has 2 aliphatic heterocycles. The summed E-state index contributed by atoms with van der Waals surface area (Å²) in [5.41, 5.74) is 3.10. The number of halogens is 2. The summed E-state index contributed by atoms with van der Waals surface area (Å²) in [5.74, 6) is 0.249. The van der Waals surface area contributed by atoms with Crippen molar-refractivity contribution in [3.05, 3.63) is 52.0 Å². The van der Waals surface area contributed by atoms with Gasteiger partial charge in [0.05, 0.1) is 22.3 Å². The number of hydrogen-bond donors (Lipinski definition) is 2. The van der Waals surface area contributed by atoms with Gasteiger partial charge in [-0.2, -0.15) is 0 Å². The highest BCUT2D eigenvalue weighted by molar-refractivity contribution is 6.43. The second-order valence-electron chi connectivity index (χ2n) is 13.2. The number of benzene rings is 2. The van der Waals surface area contributed by atoms with Crippen LogP contribution in [0.5, 0.6) is 5.75 Å². The van der Waals surface area contributed by atoms with Crippen molar-refractivity contribution >= 4 is 46.5 Å². The van der Waals surface area contributed by atoms with E-state index in [1.54, 1.807) is 0 Å². The maximum absolute atomic E-state index is 11.5. The molecule has 0 spiro atoms. The third-order valence-corrected chi connectivity index (χ3v) is 10.1. The summed E-state index contributed by atoms with van der Waals surface area (Å²) in [4.78, 5) is 26.6. The number of aliphatic carboxylic acids is 1. The number of nitrogens with zero attached hydrogens (tertiary/aromatic N) is 2. The van der Waals surface area contributed by atoms with Gasteiger partial charge in [-0.1, -0.05) is 119 Å². The van der Waals surface area contributed by atoms with Gasteiger partial charge in [0, 0.05) is 50.8 Å². The fourth-order valence-electron chi connectivity index (χ4n) is 6.31. The van der Waals surface area contributed by atoms with Gasteiger partial charge in [0.25, 0.3) is 0 Å².